The van der Waals surface area contributed by atoms with Crippen LogP contribution in [-0.2, 0) is 27.2 Å². The van der Waals surface area contributed by atoms with Crippen LogP contribution < -0.4 is 20.5 Å². The summed E-state index contributed by atoms with van der Waals surface area (Å²) in [6, 6.07) is 15.3. The number of benzene rings is 4. The number of hydrogen-bond acceptors (Lipinski definition) is 9. The van der Waals surface area contributed by atoms with Crippen molar-refractivity contribution in [3.63, 3.8) is 0 Å². The van der Waals surface area contributed by atoms with E-state index in [0.717, 1.165) is 25.4 Å². The van der Waals surface area contributed by atoms with Gasteiger partial charge in [-0.05, 0) is 235 Å². The molecular formula is C35H32I6N2O10. The molecule has 0 bridgehead atoms. The highest BCUT2D eigenvalue weighted by Crippen LogP contribution is 2.36. The van der Waals surface area contributed by atoms with Crippen LogP contribution in [0.2, 0.25) is 0 Å². The minimum absolute atomic E-state index is 0.0952. The summed E-state index contributed by atoms with van der Waals surface area (Å²) in [5.41, 5.74) is 6.45. The van der Waals surface area contributed by atoms with Crippen molar-refractivity contribution in [2.45, 2.75) is 51.3 Å². The van der Waals surface area contributed by atoms with Crippen molar-refractivity contribution in [3.05, 3.63) is 93.2 Å². The number of amides is 1. The average molecular weight is 1400 g/mol. The zero-order valence-electron chi connectivity index (χ0n) is 27.9. The van der Waals surface area contributed by atoms with Crippen LogP contribution in [0, 0.1) is 21.4 Å². The van der Waals surface area contributed by atoms with Crippen LogP contribution in [-0.4, -0.2) is 56.1 Å². The molecule has 0 saturated heterocycles. The number of rotatable bonds is 11. The highest BCUT2D eigenvalue weighted by Gasteiger charge is 2.25. The van der Waals surface area contributed by atoms with Gasteiger partial charge in [-0.3, -0.25) is 4.79 Å². The lowest BCUT2D eigenvalue weighted by Gasteiger charge is -2.22. The summed E-state index contributed by atoms with van der Waals surface area (Å²) >= 11 is 12.6. The Bertz CT molecular complexity index is 1940. The molecule has 18 heteroatoms. The first-order chi connectivity index (χ1) is 24.6. The fraction of sp³-hybridized carbons (Fsp3) is 0.229. The van der Waals surface area contributed by atoms with Gasteiger partial charge < -0.3 is 45.7 Å². The Labute approximate surface area is 387 Å². The third kappa shape index (κ3) is 14.9. The van der Waals surface area contributed by atoms with E-state index in [1.807, 2.05) is 69.4 Å². The van der Waals surface area contributed by atoms with Crippen LogP contribution in [0.25, 0.3) is 0 Å². The Kier molecular flexibility index (Phi) is 18.0. The van der Waals surface area contributed by atoms with Crippen molar-refractivity contribution in [1.29, 1.82) is 0 Å². The number of aliphatic carboxylic acids is 2. The largest absolute Gasteiger partial charge is 0.507 e. The summed E-state index contributed by atoms with van der Waals surface area (Å²) < 4.78 is 21.7. The number of hydrogen-bond donors (Lipinski definition) is 6. The molecular weight excluding hydrogens is 1370 g/mol. The lowest BCUT2D eigenvalue weighted by atomic mass is 10.1. The van der Waals surface area contributed by atoms with Crippen molar-refractivity contribution in [2.75, 3.05) is 0 Å². The molecule has 4 aromatic rings. The molecule has 12 nitrogen and oxygen atoms in total. The van der Waals surface area contributed by atoms with Crippen molar-refractivity contribution in [3.8, 4) is 34.5 Å². The fourth-order valence-corrected chi connectivity index (χ4v) is 9.43. The minimum atomic E-state index is -1.15. The lowest BCUT2D eigenvalue weighted by molar-refractivity contribution is -0.140. The van der Waals surface area contributed by atoms with E-state index in [1.165, 1.54) is 0 Å². The van der Waals surface area contributed by atoms with Gasteiger partial charge in [-0.1, -0.05) is 0 Å². The molecule has 0 saturated carbocycles. The SMILES string of the molecule is CC(C)(C)OC(=O)N[C@H](Cc1cc(I)c(Oc2ccc(O)c(I)c2)c(I)c1)C(=O)O.N[C@H](Cc1cc(I)c(Oc2ccc(O)c(I)c2)c(I)c1)C(=O)O. The molecule has 0 aliphatic heterocycles. The summed E-state index contributed by atoms with van der Waals surface area (Å²) in [6.45, 7) is 5.13. The van der Waals surface area contributed by atoms with E-state index in [0.29, 0.717) is 30.1 Å². The normalized spacial score (nSPS) is 12.1. The van der Waals surface area contributed by atoms with Crippen molar-refractivity contribution in [2.24, 2.45) is 5.73 Å². The van der Waals surface area contributed by atoms with Crippen molar-refractivity contribution >= 4 is 154 Å². The van der Waals surface area contributed by atoms with Crippen LogP contribution in [0.5, 0.6) is 34.5 Å². The molecule has 0 spiro atoms. The third-order valence-electron chi connectivity index (χ3n) is 6.60. The maximum Gasteiger partial charge on any atom is 0.408 e. The van der Waals surface area contributed by atoms with Crippen LogP contribution in [0.1, 0.15) is 31.9 Å². The third-order valence-corrected chi connectivity index (χ3v) is 11.5. The van der Waals surface area contributed by atoms with Gasteiger partial charge in [0.05, 0.1) is 21.4 Å². The molecule has 0 fully saturated rings. The van der Waals surface area contributed by atoms with Gasteiger partial charge in [0, 0.05) is 6.42 Å². The monoisotopic (exact) mass is 1400 g/mol. The quantitative estimate of drug-likeness (QED) is 0.0783. The van der Waals surface area contributed by atoms with E-state index in [1.54, 1.807) is 57.2 Å². The summed E-state index contributed by atoms with van der Waals surface area (Å²) in [5, 5.41) is 40.0. The molecule has 53 heavy (non-hydrogen) atoms. The molecule has 0 radical (unpaired) electrons. The first kappa shape index (κ1) is 46.0. The number of phenols is 2. The van der Waals surface area contributed by atoms with Crippen LogP contribution >= 0.6 is 136 Å². The molecule has 4 rings (SSSR count). The summed E-state index contributed by atoms with van der Waals surface area (Å²) in [5.74, 6) is 0.752. The number of ether oxygens (including phenoxy) is 3. The number of nitrogens with two attached hydrogens (primary N) is 1. The zero-order valence-corrected chi connectivity index (χ0v) is 40.9. The second kappa shape index (κ2) is 20.7. The van der Waals surface area contributed by atoms with Gasteiger partial charge in [0.15, 0.2) is 11.5 Å². The summed E-state index contributed by atoms with van der Waals surface area (Å²) in [6.07, 6.45) is -0.419. The van der Waals surface area contributed by atoms with Gasteiger partial charge in [0.2, 0.25) is 0 Å². The van der Waals surface area contributed by atoms with Gasteiger partial charge >= 0.3 is 18.0 Å². The number of nitrogens with one attached hydrogen (secondary N) is 1. The summed E-state index contributed by atoms with van der Waals surface area (Å²) in [7, 11) is 0. The molecule has 7 N–H and O–H groups in total. The van der Waals surface area contributed by atoms with E-state index >= 15 is 0 Å². The number of carboxylic acids is 2. The standard InChI is InChI=1S/C20H20I3NO6.C15H12I3NO4/c1-20(2,3)30-19(28)24-15(18(26)27)8-10-6-13(22)17(14(23)7-10)29-11-4-5-16(25)12(21)9-11;16-9-6-8(1-2-13(9)20)23-14-10(17)3-7(4-11(14)18)5-12(19)15(21)22/h4-7,9,15,25H,8H2,1-3H3,(H,24,28)(H,26,27);1-4,6,12,20H,5,19H2,(H,21,22)/t15-;12-/m11/s1. The van der Waals surface area contributed by atoms with Gasteiger partial charge in [-0.15, -0.1) is 0 Å². The molecule has 0 aliphatic rings. The molecule has 4 aromatic carbocycles. The van der Waals surface area contributed by atoms with E-state index in [4.69, 9.17) is 25.1 Å². The summed E-state index contributed by atoms with van der Waals surface area (Å²) in [4.78, 5) is 34.5. The molecule has 1 amide bonds. The predicted molar refractivity (Wildman–Crippen MR) is 249 cm³/mol. The molecule has 0 heterocycles. The number of phenolic OH excluding ortho intramolecular Hbond substituents is 2. The molecule has 0 aromatic heterocycles. The Morgan fingerprint density at radius 1 is 0.660 bits per heavy atom. The molecule has 2 atom stereocenters. The van der Waals surface area contributed by atoms with Gasteiger partial charge in [-0.25, -0.2) is 9.59 Å². The Morgan fingerprint density at radius 3 is 1.40 bits per heavy atom. The van der Waals surface area contributed by atoms with Gasteiger partial charge in [0.1, 0.15) is 40.7 Å². The highest BCUT2D eigenvalue weighted by atomic mass is 127. The predicted octanol–water partition coefficient (Wildman–Crippen LogP) is 9.47. The van der Waals surface area contributed by atoms with E-state index in [9.17, 15) is 29.7 Å². The Morgan fingerprint density at radius 2 is 1.06 bits per heavy atom. The van der Waals surface area contributed by atoms with E-state index in [-0.39, 0.29) is 24.3 Å². The van der Waals surface area contributed by atoms with Crippen LogP contribution in [0.15, 0.2) is 60.7 Å². The van der Waals surface area contributed by atoms with E-state index < -0.39 is 35.7 Å². The first-order valence-corrected chi connectivity index (χ1v) is 21.6. The maximum atomic E-state index is 12.0. The minimum Gasteiger partial charge on any atom is -0.507 e. The fourth-order valence-electron chi connectivity index (χ4n) is 4.22. The topological polar surface area (TPSA) is 198 Å². The van der Waals surface area contributed by atoms with Crippen molar-refractivity contribution in [1.82, 2.24) is 5.32 Å². The number of carboxylic acid groups (broad SMARTS) is 2. The van der Waals surface area contributed by atoms with Crippen molar-refractivity contribution < 1.29 is 49.0 Å². The number of alkyl carbamates (subject to hydrolysis) is 1. The Balaban J connectivity index is 0.000000295. The van der Waals surface area contributed by atoms with Crippen LogP contribution in [0.4, 0.5) is 4.79 Å². The maximum absolute atomic E-state index is 12.0. The molecule has 0 unspecified atom stereocenters. The second-order valence-electron chi connectivity index (χ2n) is 12.1. The van der Waals surface area contributed by atoms with Gasteiger partial charge in [0.25, 0.3) is 0 Å². The smallest absolute Gasteiger partial charge is 0.408 e. The lowest BCUT2D eigenvalue weighted by Crippen LogP contribution is -2.44. The zero-order chi connectivity index (χ0) is 39.8. The number of halogens is 6. The van der Waals surface area contributed by atoms with Gasteiger partial charge in [-0.2, -0.15) is 0 Å². The number of aromatic hydroxyl groups is 2. The first-order valence-electron chi connectivity index (χ1n) is 15.1. The van der Waals surface area contributed by atoms with E-state index in [2.05, 4.69) is 95.7 Å². The second-order valence-corrected chi connectivity index (χ2v) is 19.1. The average Bonchev–Trinajstić information content (AvgIpc) is 3.03. The highest BCUT2D eigenvalue weighted by molar-refractivity contribution is 14.1. The Hall–Kier alpha value is -1.37. The van der Waals surface area contributed by atoms with Crippen LogP contribution in [0.3, 0.4) is 0 Å². The number of carbonyl (C=O) groups is 3. The number of carbonyl (C=O) groups excluding carboxylic acids is 1. The molecule has 0 aliphatic carbocycles. The molecule has 284 valence electrons.